The molecule has 2 N–H and O–H groups in total. The number of carbonyl (C=O) groups is 1. The van der Waals surface area contributed by atoms with Crippen LogP contribution in [0.15, 0.2) is 22.8 Å². The van der Waals surface area contributed by atoms with Crippen molar-refractivity contribution in [3.63, 3.8) is 0 Å². The zero-order chi connectivity index (χ0) is 11.8. The van der Waals surface area contributed by atoms with Crippen molar-refractivity contribution in [1.82, 2.24) is 10.6 Å². The molecule has 1 amide bonds. The minimum Gasteiger partial charge on any atom is -0.468 e. The number of amides is 1. The third kappa shape index (κ3) is 5.56. The molecule has 1 heterocycles. The van der Waals surface area contributed by atoms with Crippen LogP contribution in [0, 0.1) is 5.92 Å². The molecule has 0 aromatic carbocycles. The normalized spacial score (nSPS) is 10.7. The molecule has 0 saturated carbocycles. The highest BCUT2D eigenvalue weighted by Crippen LogP contribution is 1.98. The summed E-state index contributed by atoms with van der Waals surface area (Å²) in [5, 5.41) is 6.03. The lowest BCUT2D eigenvalue weighted by molar-refractivity contribution is -0.121. The van der Waals surface area contributed by atoms with E-state index in [4.69, 9.17) is 4.42 Å². The lowest BCUT2D eigenvalue weighted by Gasteiger charge is -2.07. The van der Waals surface area contributed by atoms with Gasteiger partial charge in [-0.25, -0.2) is 0 Å². The summed E-state index contributed by atoms with van der Waals surface area (Å²) in [6, 6.07) is 3.76. The molecule has 4 nitrogen and oxygen atoms in total. The SMILES string of the molecule is CC(C)CNC(=O)CCNCc1ccco1. The highest BCUT2D eigenvalue weighted by atomic mass is 16.3. The fraction of sp³-hybridized carbons (Fsp3) is 0.583. The van der Waals surface area contributed by atoms with Crippen molar-refractivity contribution in [3.05, 3.63) is 24.2 Å². The largest absolute Gasteiger partial charge is 0.468 e. The van der Waals surface area contributed by atoms with Crippen LogP contribution in [-0.2, 0) is 11.3 Å². The zero-order valence-corrected chi connectivity index (χ0v) is 9.95. The maximum atomic E-state index is 11.3. The molecular weight excluding hydrogens is 204 g/mol. The van der Waals surface area contributed by atoms with Gasteiger partial charge in [-0.3, -0.25) is 4.79 Å². The zero-order valence-electron chi connectivity index (χ0n) is 9.95. The van der Waals surface area contributed by atoms with Crippen LogP contribution in [0.25, 0.3) is 0 Å². The molecule has 0 bridgehead atoms. The Hall–Kier alpha value is -1.29. The van der Waals surface area contributed by atoms with E-state index in [0.29, 0.717) is 25.4 Å². The van der Waals surface area contributed by atoms with E-state index >= 15 is 0 Å². The van der Waals surface area contributed by atoms with Gasteiger partial charge in [-0.15, -0.1) is 0 Å². The number of nitrogens with one attached hydrogen (secondary N) is 2. The Morgan fingerprint density at radius 3 is 2.94 bits per heavy atom. The molecule has 0 atom stereocenters. The number of hydrogen-bond acceptors (Lipinski definition) is 3. The van der Waals surface area contributed by atoms with Crippen molar-refractivity contribution in [3.8, 4) is 0 Å². The van der Waals surface area contributed by atoms with Gasteiger partial charge in [0.15, 0.2) is 0 Å². The highest BCUT2D eigenvalue weighted by Gasteiger charge is 2.02. The molecule has 90 valence electrons. The first kappa shape index (κ1) is 12.8. The van der Waals surface area contributed by atoms with E-state index in [9.17, 15) is 4.79 Å². The summed E-state index contributed by atoms with van der Waals surface area (Å²) < 4.78 is 5.16. The maximum Gasteiger partial charge on any atom is 0.221 e. The van der Waals surface area contributed by atoms with Gasteiger partial charge in [0.05, 0.1) is 12.8 Å². The first-order valence-corrected chi connectivity index (χ1v) is 5.68. The second-order valence-electron chi connectivity index (χ2n) is 4.20. The summed E-state index contributed by atoms with van der Waals surface area (Å²) >= 11 is 0. The van der Waals surface area contributed by atoms with Gasteiger partial charge in [0.1, 0.15) is 5.76 Å². The quantitative estimate of drug-likeness (QED) is 0.691. The monoisotopic (exact) mass is 224 g/mol. The van der Waals surface area contributed by atoms with Crippen molar-refractivity contribution in [2.24, 2.45) is 5.92 Å². The Labute approximate surface area is 96.4 Å². The number of hydrogen-bond donors (Lipinski definition) is 2. The molecule has 0 saturated heterocycles. The molecule has 1 aromatic rings. The molecular formula is C12H20N2O2. The third-order valence-corrected chi connectivity index (χ3v) is 2.12. The van der Waals surface area contributed by atoms with Crippen LogP contribution in [0.1, 0.15) is 26.0 Å². The highest BCUT2D eigenvalue weighted by molar-refractivity contribution is 5.76. The Kier molecular flexibility index (Phi) is 5.64. The van der Waals surface area contributed by atoms with Crippen LogP contribution >= 0.6 is 0 Å². The Balaban J connectivity index is 2.00. The topological polar surface area (TPSA) is 54.3 Å². The standard InChI is InChI=1S/C12H20N2O2/c1-10(2)8-14-12(15)5-6-13-9-11-4-3-7-16-11/h3-4,7,10,13H,5-6,8-9H2,1-2H3,(H,14,15). The van der Waals surface area contributed by atoms with Crippen molar-refractivity contribution in [2.75, 3.05) is 13.1 Å². The number of rotatable bonds is 7. The first-order valence-electron chi connectivity index (χ1n) is 5.68. The van der Waals surface area contributed by atoms with E-state index in [1.54, 1.807) is 6.26 Å². The summed E-state index contributed by atoms with van der Waals surface area (Å²) in [5.74, 6) is 1.49. The molecule has 1 aromatic heterocycles. The summed E-state index contributed by atoms with van der Waals surface area (Å²) in [5.41, 5.74) is 0. The van der Waals surface area contributed by atoms with Crippen molar-refractivity contribution in [1.29, 1.82) is 0 Å². The minimum atomic E-state index is 0.0978. The van der Waals surface area contributed by atoms with E-state index in [0.717, 1.165) is 12.3 Å². The number of carbonyl (C=O) groups excluding carboxylic acids is 1. The predicted molar refractivity (Wildman–Crippen MR) is 62.9 cm³/mol. The van der Waals surface area contributed by atoms with Crippen LogP contribution in [0.4, 0.5) is 0 Å². The molecule has 0 unspecified atom stereocenters. The summed E-state index contributed by atoms with van der Waals surface area (Å²) in [6.07, 6.45) is 2.15. The van der Waals surface area contributed by atoms with Gasteiger partial charge in [0.2, 0.25) is 5.91 Å². The fourth-order valence-corrected chi connectivity index (χ4v) is 1.23. The van der Waals surface area contributed by atoms with Crippen LogP contribution < -0.4 is 10.6 Å². The molecule has 0 aliphatic carbocycles. The van der Waals surface area contributed by atoms with E-state index in [1.807, 2.05) is 12.1 Å². The summed E-state index contributed by atoms with van der Waals surface area (Å²) in [6.45, 7) is 6.25. The second-order valence-corrected chi connectivity index (χ2v) is 4.20. The van der Waals surface area contributed by atoms with Crippen LogP contribution in [0.5, 0.6) is 0 Å². The van der Waals surface area contributed by atoms with Crippen LogP contribution in [0.3, 0.4) is 0 Å². The van der Waals surface area contributed by atoms with Gasteiger partial charge in [0.25, 0.3) is 0 Å². The second kappa shape index (κ2) is 7.06. The van der Waals surface area contributed by atoms with E-state index in [2.05, 4.69) is 24.5 Å². The van der Waals surface area contributed by atoms with Gasteiger partial charge in [-0.1, -0.05) is 13.8 Å². The Morgan fingerprint density at radius 2 is 2.31 bits per heavy atom. The lowest BCUT2D eigenvalue weighted by Crippen LogP contribution is -2.30. The molecule has 0 spiro atoms. The summed E-state index contributed by atoms with van der Waals surface area (Å²) in [7, 11) is 0. The fourth-order valence-electron chi connectivity index (χ4n) is 1.23. The average molecular weight is 224 g/mol. The molecule has 4 heteroatoms. The lowest BCUT2D eigenvalue weighted by atomic mass is 10.2. The first-order chi connectivity index (χ1) is 7.68. The van der Waals surface area contributed by atoms with Crippen molar-refractivity contribution in [2.45, 2.75) is 26.8 Å². The Morgan fingerprint density at radius 1 is 1.50 bits per heavy atom. The maximum absolute atomic E-state index is 11.3. The van der Waals surface area contributed by atoms with E-state index in [1.165, 1.54) is 0 Å². The average Bonchev–Trinajstić information content (AvgIpc) is 2.74. The smallest absolute Gasteiger partial charge is 0.221 e. The molecule has 0 fully saturated rings. The molecule has 0 aliphatic rings. The van der Waals surface area contributed by atoms with Gasteiger partial charge in [0, 0.05) is 19.5 Å². The van der Waals surface area contributed by atoms with Gasteiger partial charge in [-0.2, -0.15) is 0 Å². The van der Waals surface area contributed by atoms with E-state index in [-0.39, 0.29) is 5.91 Å². The third-order valence-electron chi connectivity index (χ3n) is 2.12. The van der Waals surface area contributed by atoms with Crippen molar-refractivity contribution >= 4 is 5.91 Å². The van der Waals surface area contributed by atoms with Crippen LogP contribution in [-0.4, -0.2) is 19.0 Å². The van der Waals surface area contributed by atoms with Gasteiger partial charge >= 0.3 is 0 Å². The molecule has 0 radical (unpaired) electrons. The minimum absolute atomic E-state index is 0.0978. The van der Waals surface area contributed by atoms with Crippen LogP contribution in [0.2, 0.25) is 0 Å². The summed E-state index contributed by atoms with van der Waals surface area (Å²) in [4.78, 5) is 11.3. The van der Waals surface area contributed by atoms with Crippen molar-refractivity contribution < 1.29 is 9.21 Å². The molecule has 0 aliphatic heterocycles. The Bertz CT molecular complexity index is 294. The molecule has 16 heavy (non-hydrogen) atoms. The van der Waals surface area contributed by atoms with Gasteiger partial charge < -0.3 is 15.1 Å². The molecule has 1 rings (SSSR count). The van der Waals surface area contributed by atoms with Gasteiger partial charge in [-0.05, 0) is 18.1 Å². The van der Waals surface area contributed by atoms with E-state index < -0.39 is 0 Å². The number of furan rings is 1. The predicted octanol–water partition coefficient (Wildman–Crippen LogP) is 1.53.